The maximum atomic E-state index is 13.2. The Morgan fingerprint density at radius 2 is 1.89 bits per heavy atom. The van der Waals surface area contributed by atoms with E-state index in [0.717, 1.165) is 33.8 Å². The van der Waals surface area contributed by atoms with Crippen molar-refractivity contribution in [2.45, 2.75) is 53.1 Å². The number of carbonyl (C=O) groups is 2. The zero-order valence-electron chi connectivity index (χ0n) is 20.9. The molecule has 0 aliphatic carbocycles. The van der Waals surface area contributed by atoms with Crippen LogP contribution in [0.25, 0.3) is 0 Å². The van der Waals surface area contributed by atoms with Crippen LogP contribution < -0.4 is 14.8 Å². The maximum absolute atomic E-state index is 13.2. The Balaban J connectivity index is 1.24. The van der Waals surface area contributed by atoms with Gasteiger partial charge in [0.25, 0.3) is 5.91 Å². The van der Waals surface area contributed by atoms with Gasteiger partial charge in [0.2, 0.25) is 5.91 Å². The topological polar surface area (TPSA) is 109 Å². The van der Waals surface area contributed by atoms with E-state index in [0.29, 0.717) is 69.2 Å². The molecule has 0 spiro atoms. The van der Waals surface area contributed by atoms with E-state index in [1.165, 1.54) is 5.56 Å². The number of hydrogen-bond donors (Lipinski definition) is 2. The molecule has 4 heterocycles. The third kappa shape index (κ3) is 4.78. The average Bonchev–Trinajstić information content (AvgIpc) is 3.22. The van der Waals surface area contributed by atoms with Crippen LogP contribution in [0.15, 0.2) is 24.4 Å². The number of aromatic amines is 1. The summed E-state index contributed by atoms with van der Waals surface area (Å²) in [6.07, 6.45) is 3.62. The molecule has 2 aliphatic rings. The van der Waals surface area contributed by atoms with Gasteiger partial charge < -0.3 is 19.7 Å². The lowest BCUT2D eigenvalue weighted by Gasteiger charge is -2.31. The van der Waals surface area contributed by atoms with Crippen LogP contribution in [0.2, 0.25) is 0 Å². The summed E-state index contributed by atoms with van der Waals surface area (Å²) in [5.74, 6) is 1.23. The van der Waals surface area contributed by atoms with Gasteiger partial charge in [-0.25, -0.2) is 0 Å². The van der Waals surface area contributed by atoms with Crippen molar-refractivity contribution >= 4 is 11.8 Å². The molecule has 2 amide bonds. The van der Waals surface area contributed by atoms with Gasteiger partial charge in [0.05, 0.1) is 5.69 Å². The molecule has 0 atom stereocenters. The summed E-state index contributed by atoms with van der Waals surface area (Å²) in [5, 5.41) is 10.2. The number of nitrogens with one attached hydrogen (secondary N) is 2. The van der Waals surface area contributed by atoms with Crippen molar-refractivity contribution in [2.75, 3.05) is 19.8 Å². The lowest BCUT2D eigenvalue weighted by atomic mass is 9.94. The summed E-state index contributed by atoms with van der Waals surface area (Å²) in [7, 11) is 0. The molecule has 5 rings (SSSR count). The molecule has 0 fully saturated rings. The van der Waals surface area contributed by atoms with Crippen LogP contribution in [0.1, 0.15) is 56.1 Å². The number of ether oxygens (including phenoxy) is 2. The first-order valence-electron chi connectivity index (χ1n) is 12.3. The fraction of sp³-hybridized carbons (Fsp3) is 0.407. The van der Waals surface area contributed by atoms with Gasteiger partial charge in [-0.1, -0.05) is 0 Å². The summed E-state index contributed by atoms with van der Waals surface area (Å²) in [6, 6.07) is 5.33. The van der Waals surface area contributed by atoms with Gasteiger partial charge in [-0.15, -0.1) is 0 Å². The fourth-order valence-corrected chi connectivity index (χ4v) is 4.95. The molecule has 2 aliphatic heterocycles. The number of rotatable bonds is 6. The van der Waals surface area contributed by atoms with E-state index in [1.807, 2.05) is 31.9 Å². The number of H-pyrrole nitrogens is 1. The van der Waals surface area contributed by atoms with E-state index >= 15 is 0 Å². The Kier molecular flexibility index (Phi) is 6.63. The first-order valence-corrected chi connectivity index (χ1v) is 12.3. The number of fused-ring (bicyclic) bond motifs is 2. The molecule has 2 N–H and O–H groups in total. The van der Waals surface area contributed by atoms with E-state index in [2.05, 4.69) is 20.5 Å². The van der Waals surface area contributed by atoms with E-state index in [1.54, 1.807) is 18.2 Å². The van der Waals surface area contributed by atoms with Gasteiger partial charge in [0.15, 0.2) is 11.5 Å². The van der Waals surface area contributed by atoms with Crippen molar-refractivity contribution in [3.8, 4) is 11.5 Å². The second-order valence-corrected chi connectivity index (χ2v) is 9.35. The van der Waals surface area contributed by atoms with E-state index in [-0.39, 0.29) is 11.8 Å². The Hall–Kier alpha value is -3.88. The molecule has 3 aromatic rings. The predicted molar refractivity (Wildman–Crippen MR) is 133 cm³/mol. The molecule has 2 aromatic heterocycles. The van der Waals surface area contributed by atoms with E-state index in [9.17, 15) is 9.59 Å². The highest BCUT2D eigenvalue weighted by Gasteiger charge is 2.26. The molecule has 1 aromatic carbocycles. The molecule has 0 bridgehead atoms. The zero-order chi connectivity index (χ0) is 25.2. The molecule has 0 saturated heterocycles. The molecular formula is C27H31N5O4. The quantitative estimate of drug-likeness (QED) is 0.551. The molecule has 188 valence electrons. The summed E-state index contributed by atoms with van der Waals surface area (Å²) >= 11 is 0. The highest BCUT2D eigenvalue weighted by molar-refractivity contribution is 5.95. The lowest BCUT2D eigenvalue weighted by Crippen LogP contribution is -2.37. The first-order chi connectivity index (χ1) is 17.4. The summed E-state index contributed by atoms with van der Waals surface area (Å²) < 4.78 is 11.2. The van der Waals surface area contributed by atoms with Crippen LogP contribution in [0, 0.1) is 20.8 Å². The van der Waals surface area contributed by atoms with Gasteiger partial charge in [-0.05, 0) is 74.1 Å². The number of hydrogen-bond acceptors (Lipinski definition) is 6. The maximum Gasteiger partial charge on any atom is 0.254 e. The molecule has 0 radical (unpaired) electrons. The minimum atomic E-state index is -0.0436. The highest BCUT2D eigenvalue weighted by atomic mass is 16.6. The number of benzene rings is 1. The highest BCUT2D eigenvalue weighted by Crippen LogP contribution is 2.32. The fourth-order valence-electron chi connectivity index (χ4n) is 4.95. The molecule has 36 heavy (non-hydrogen) atoms. The smallest absolute Gasteiger partial charge is 0.254 e. The van der Waals surface area contributed by atoms with Crippen LogP contribution in [0.4, 0.5) is 0 Å². The normalized spacial score (nSPS) is 14.4. The van der Waals surface area contributed by atoms with Gasteiger partial charge in [0, 0.05) is 49.2 Å². The number of carbonyl (C=O) groups excluding carboxylic acids is 2. The number of amides is 2. The van der Waals surface area contributed by atoms with Crippen LogP contribution in [0.3, 0.4) is 0 Å². The van der Waals surface area contributed by atoms with Gasteiger partial charge in [-0.3, -0.25) is 19.7 Å². The minimum absolute atomic E-state index is 0.00164. The van der Waals surface area contributed by atoms with Crippen molar-refractivity contribution < 1.29 is 19.1 Å². The number of nitrogens with zero attached hydrogens (tertiary/aromatic N) is 3. The van der Waals surface area contributed by atoms with Crippen molar-refractivity contribution in [1.29, 1.82) is 0 Å². The van der Waals surface area contributed by atoms with Crippen molar-refractivity contribution in [1.82, 2.24) is 25.4 Å². The second kappa shape index (κ2) is 10.0. The largest absolute Gasteiger partial charge is 0.486 e. The molecule has 9 nitrogen and oxygen atoms in total. The molecule has 0 saturated carbocycles. The number of pyridine rings is 1. The molecule has 9 heteroatoms. The monoisotopic (exact) mass is 489 g/mol. The third-order valence-corrected chi connectivity index (χ3v) is 7.02. The van der Waals surface area contributed by atoms with Crippen LogP contribution in [-0.2, 0) is 30.7 Å². The van der Waals surface area contributed by atoms with E-state index in [4.69, 9.17) is 9.47 Å². The van der Waals surface area contributed by atoms with Crippen molar-refractivity contribution in [2.24, 2.45) is 0 Å². The standard InChI is InChI=1S/C27H31N5O4/c1-16-23(14-29-26(33)7-5-21-17(2)30-31-18(21)3)22-8-9-32(15-20(22)13-28-16)27(34)19-4-6-24-25(12-19)36-11-10-35-24/h4,6,12-13H,5,7-11,14-15H2,1-3H3,(H,29,33)(H,30,31). The van der Waals surface area contributed by atoms with Gasteiger partial charge in [0.1, 0.15) is 13.2 Å². The number of aryl methyl sites for hydroxylation is 3. The summed E-state index contributed by atoms with van der Waals surface area (Å²) in [6.45, 7) is 8.40. The third-order valence-electron chi connectivity index (χ3n) is 7.02. The van der Waals surface area contributed by atoms with Crippen LogP contribution in [0.5, 0.6) is 11.5 Å². The first kappa shape index (κ1) is 23.8. The SMILES string of the molecule is Cc1n[nH]c(C)c1CCC(=O)NCc1c(C)ncc2c1CCN(C(=O)c1ccc3c(c1)OCCO3)C2. The van der Waals surface area contributed by atoms with E-state index < -0.39 is 0 Å². The Bertz CT molecular complexity index is 1300. The molecule has 0 unspecified atom stereocenters. The van der Waals surface area contributed by atoms with Crippen LogP contribution in [-0.4, -0.2) is 51.7 Å². The molecular weight excluding hydrogens is 458 g/mol. The van der Waals surface area contributed by atoms with Crippen LogP contribution >= 0.6 is 0 Å². The van der Waals surface area contributed by atoms with Gasteiger partial charge >= 0.3 is 0 Å². The Labute approximate surface area is 210 Å². The Morgan fingerprint density at radius 1 is 1.08 bits per heavy atom. The predicted octanol–water partition coefficient (Wildman–Crippen LogP) is 2.95. The summed E-state index contributed by atoms with van der Waals surface area (Å²) in [5.41, 5.74) is 7.77. The Morgan fingerprint density at radius 3 is 2.67 bits per heavy atom. The van der Waals surface area contributed by atoms with Crippen molar-refractivity contribution in [3.05, 3.63) is 69.3 Å². The minimum Gasteiger partial charge on any atom is -0.486 e. The lowest BCUT2D eigenvalue weighted by molar-refractivity contribution is -0.121. The van der Waals surface area contributed by atoms with Gasteiger partial charge in [-0.2, -0.15) is 5.10 Å². The summed E-state index contributed by atoms with van der Waals surface area (Å²) in [4.78, 5) is 32.2. The van der Waals surface area contributed by atoms with Crippen molar-refractivity contribution in [3.63, 3.8) is 0 Å². The second-order valence-electron chi connectivity index (χ2n) is 9.35. The number of aromatic nitrogens is 3. The zero-order valence-corrected chi connectivity index (χ0v) is 20.9. The average molecular weight is 490 g/mol.